The van der Waals surface area contributed by atoms with Crippen molar-refractivity contribution in [3.63, 3.8) is 0 Å². The Morgan fingerprint density at radius 1 is 1.42 bits per heavy atom. The highest BCUT2D eigenvalue weighted by molar-refractivity contribution is 5.83. The second-order valence-corrected chi connectivity index (χ2v) is 5.28. The molecule has 2 aliphatic heterocycles. The predicted molar refractivity (Wildman–Crippen MR) is 72.9 cm³/mol. The molecule has 1 fully saturated rings. The van der Waals surface area contributed by atoms with Crippen LogP contribution in [0.5, 0.6) is 0 Å². The van der Waals surface area contributed by atoms with Crippen LogP contribution in [0.15, 0.2) is 24.3 Å². The Balaban J connectivity index is 1.84. The summed E-state index contributed by atoms with van der Waals surface area (Å²) in [6, 6.07) is 8.36. The summed E-state index contributed by atoms with van der Waals surface area (Å²) in [5, 5.41) is 3.31. The van der Waals surface area contributed by atoms with Crippen LogP contribution < -0.4 is 5.32 Å². The zero-order valence-electron chi connectivity index (χ0n) is 11.3. The van der Waals surface area contributed by atoms with Gasteiger partial charge in [0.25, 0.3) is 5.91 Å². The Hall–Kier alpha value is -1.39. The number of carbonyl (C=O) groups is 1. The fraction of sp³-hybridized carbons (Fsp3) is 0.533. The summed E-state index contributed by atoms with van der Waals surface area (Å²) in [7, 11) is 0. The minimum absolute atomic E-state index is 0.112. The summed E-state index contributed by atoms with van der Waals surface area (Å²) in [4.78, 5) is 14.6. The minimum atomic E-state index is -0.412. The highest BCUT2D eigenvalue weighted by Gasteiger charge is 2.33. The predicted octanol–water partition coefficient (Wildman–Crippen LogP) is 1.12. The molecule has 0 bridgehead atoms. The number of rotatable bonds is 1. The van der Waals surface area contributed by atoms with E-state index in [0.29, 0.717) is 6.61 Å². The van der Waals surface area contributed by atoms with Gasteiger partial charge in [-0.3, -0.25) is 4.79 Å². The van der Waals surface area contributed by atoms with Crippen LogP contribution in [0, 0.1) is 0 Å². The third-order valence-corrected chi connectivity index (χ3v) is 4.00. The standard InChI is InChI=1S/C15H20N2O2/c1-11-10-16-7-8-17(11)15(18)14-13-5-3-2-4-12(13)6-9-19-14/h2-5,11,14,16H,6-10H2,1H3/t11-,14-/m0/s1. The molecule has 2 aliphatic rings. The first-order valence-corrected chi connectivity index (χ1v) is 6.98. The quantitative estimate of drug-likeness (QED) is 0.823. The first-order chi connectivity index (χ1) is 9.27. The molecule has 0 saturated carbocycles. The van der Waals surface area contributed by atoms with E-state index in [1.165, 1.54) is 5.56 Å². The van der Waals surface area contributed by atoms with E-state index in [1.807, 2.05) is 23.1 Å². The van der Waals surface area contributed by atoms with Crippen molar-refractivity contribution in [2.75, 3.05) is 26.2 Å². The van der Waals surface area contributed by atoms with Crippen molar-refractivity contribution < 1.29 is 9.53 Å². The van der Waals surface area contributed by atoms with Gasteiger partial charge < -0.3 is 15.0 Å². The van der Waals surface area contributed by atoms with Gasteiger partial charge in [-0.05, 0) is 24.5 Å². The molecule has 0 aromatic heterocycles. The maximum absolute atomic E-state index is 12.7. The van der Waals surface area contributed by atoms with Gasteiger partial charge in [-0.25, -0.2) is 0 Å². The number of fused-ring (bicyclic) bond motifs is 1. The minimum Gasteiger partial charge on any atom is -0.363 e. The second-order valence-electron chi connectivity index (χ2n) is 5.28. The lowest BCUT2D eigenvalue weighted by Gasteiger charge is -2.37. The lowest BCUT2D eigenvalue weighted by atomic mass is 9.96. The Bertz CT molecular complexity index is 475. The molecule has 0 radical (unpaired) electrons. The van der Waals surface area contributed by atoms with E-state index >= 15 is 0 Å². The first-order valence-electron chi connectivity index (χ1n) is 6.98. The number of carbonyl (C=O) groups excluding carboxylic acids is 1. The van der Waals surface area contributed by atoms with Gasteiger partial charge in [-0.15, -0.1) is 0 Å². The number of piperazine rings is 1. The van der Waals surface area contributed by atoms with Crippen molar-refractivity contribution in [2.45, 2.75) is 25.5 Å². The third-order valence-electron chi connectivity index (χ3n) is 4.00. The summed E-state index contributed by atoms with van der Waals surface area (Å²) < 4.78 is 5.76. The highest BCUT2D eigenvalue weighted by Crippen LogP contribution is 2.29. The largest absolute Gasteiger partial charge is 0.363 e. The average molecular weight is 260 g/mol. The number of hydrogen-bond donors (Lipinski definition) is 1. The lowest BCUT2D eigenvalue weighted by Crippen LogP contribution is -2.54. The van der Waals surface area contributed by atoms with Crippen LogP contribution in [0.3, 0.4) is 0 Å². The molecule has 4 nitrogen and oxygen atoms in total. The SMILES string of the molecule is C[C@H]1CNCCN1C(=O)[C@H]1OCCc2ccccc21. The van der Waals surface area contributed by atoms with E-state index in [4.69, 9.17) is 4.74 Å². The highest BCUT2D eigenvalue weighted by atomic mass is 16.5. The molecule has 2 atom stereocenters. The Kier molecular flexibility index (Phi) is 3.53. The number of nitrogens with one attached hydrogen (secondary N) is 1. The van der Waals surface area contributed by atoms with Crippen molar-refractivity contribution in [3.8, 4) is 0 Å². The van der Waals surface area contributed by atoms with Crippen LogP contribution in [0.1, 0.15) is 24.2 Å². The monoisotopic (exact) mass is 260 g/mol. The summed E-state index contributed by atoms with van der Waals surface area (Å²) in [6.07, 6.45) is 0.488. The fourth-order valence-electron chi connectivity index (χ4n) is 2.92. The van der Waals surface area contributed by atoms with Crippen molar-refractivity contribution in [2.24, 2.45) is 0 Å². The van der Waals surface area contributed by atoms with E-state index in [0.717, 1.165) is 31.6 Å². The number of ether oxygens (including phenoxy) is 1. The Labute approximate surface area is 113 Å². The molecule has 0 spiro atoms. The van der Waals surface area contributed by atoms with E-state index in [2.05, 4.69) is 18.3 Å². The summed E-state index contributed by atoms with van der Waals surface area (Å²) >= 11 is 0. The zero-order valence-corrected chi connectivity index (χ0v) is 11.3. The van der Waals surface area contributed by atoms with Crippen molar-refractivity contribution in [1.29, 1.82) is 0 Å². The van der Waals surface area contributed by atoms with Crippen LogP contribution in [0.25, 0.3) is 0 Å². The first kappa shape index (κ1) is 12.6. The van der Waals surface area contributed by atoms with Crippen LogP contribution in [0.2, 0.25) is 0 Å². The summed E-state index contributed by atoms with van der Waals surface area (Å²) in [6.45, 7) is 5.21. The smallest absolute Gasteiger partial charge is 0.256 e. The maximum atomic E-state index is 12.7. The summed E-state index contributed by atoms with van der Waals surface area (Å²) in [5.74, 6) is 0.112. The molecule has 1 aromatic carbocycles. The second kappa shape index (κ2) is 5.31. The molecule has 0 aliphatic carbocycles. The molecule has 3 rings (SSSR count). The van der Waals surface area contributed by atoms with Gasteiger partial charge in [0.2, 0.25) is 0 Å². The van der Waals surface area contributed by atoms with E-state index in [1.54, 1.807) is 0 Å². The number of nitrogens with zero attached hydrogens (tertiary/aromatic N) is 1. The molecule has 1 amide bonds. The lowest BCUT2D eigenvalue weighted by molar-refractivity contribution is -0.148. The molecule has 1 N–H and O–H groups in total. The van der Waals surface area contributed by atoms with Gasteiger partial charge in [0, 0.05) is 25.7 Å². The van der Waals surface area contributed by atoms with E-state index in [9.17, 15) is 4.79 Å². The maximum Gasteiger partial charge on any atom is 0.256 e. The van der Waals surface area contributed by atoms with Crippen molar-refractivity contribution in [1.82, 2.24) is 10.2 Å². The van der Waals surface area contributed by atoms with E-state index < -0.39 is 6.10 Å². The molecule has 2 heterocycles. The van der Waals surface area contributed by atoms with Gasteiger partial charge in [0.1, 0.15) is 0 Å². The molecule has 1 aromatic rings. The molecule has 1 saturated heterocycles. The van der Waals surface area contributed by atoms with Crippen LogP contribution in [-0.4, -0.2) is 43.1 Å². The molecule has 4 heteroatoms. The van der Waals surface area contributed by atoms with Crippen LogP contribution in [-0.2, 0) is 16.0 Å². The Morgan fingerprint density at radius 2 is 2.26 bits per heavy atom. The topological polar surface area (TPSA) is 41.6 Å². The fourth-order valence-corrected chi connectivity index (χ4v) is 2.92. The number of hydrogen-bond acceptors (Lipinski definition) is 3. The van der Waals surface area contributed by atoms with Crippen LogP contribution >= 0.6 is 0 Å². The summed E-state index contributed by atoms with van der Waals surface area (Å²) in [5.41, 5.74) is 2.29. The van der Waals surface area contributed by atoms with Crippen molar-refractivity contribution in [3.05, 3.63) is 35.4 Å². The van der Waals surface area contributed by atoms with Gasteiger partial charge >= 0.3 is 0 Å². The molecular weight excluding hydrogens is 240 g/mol. The van der Waals surface area contributed by atoms with Crippen molar-refractivity contribution >= 4 is 5.91 Å². The average Bonchev–Trinajstić information content (AvgIpc) is 2.46. The van der Waals surface area contributed by atoms with Crippen LogP contribution in [0.4, 0.5) is 0 Å². The molecular formula is C15H20N2O2. The number of benzene rings is 1. The molecule has 102 valence electrons. The molecule has 0 unspecified atom stereocenters. The Morgan fingerprint density at radius 3 is 3.11 bits per heavy atom. The zero-order chi connectivity index (χ0) is 13.2. The number of amides is 1. The molecule has 19 heavy (non-hydrogen) atoms. The normalized spacial score (nSPS) is 26.9. The van der Waals surface area contributed by atoms with Gasteiger partial charge in [-0.2, -0.15) is 0 Å². The van der Waals surface area contributed by atoms with Gasteiger partial charge in [0.05, 0.1) is 6.61 Å². The van der Waals surface area contributed by atoms with Gasteiger partial charge in [-0.1, -0.05) is 24.3 Å². The van der Waals surface area contributed by atoms with Gasteiger partial charge in [0.15, 0.2) is 6.10 Å². The van der Waals surface area contributed by atoms with E-state index in [-0.39, 0.29) is 11.9 Å². The third kappa shape index (κ3) is 2.38.